The van der Waals surface area contributed by atoms with Crippen LogP contribution >= 0.6 is 11.8 Å². The fourth-order valence-corrected chi connectivity index (χ4v) is 4.83. The van der Waals surface area contributed by atoms with Crippen LogP contribution in [0.2, 0.25) is 0 Å². The number of carbonyl (C=O) groups is 1. The number of anilines is 1. The molecule has 2 aliphatic heterocycles. The largest absolute Gasteiger partial charge is 0.470 e. The molecule has 0 bridgehead atoms. The summed E-state index contributed by atoms with van der Waals surface area (Å²) in [6.45, 7) is 0.819. The Bertz CT molecular complexity index is 1150. The lowest BCUT2D eigenvalue weighted by Crippen LogP contribution is -2.48. The molecular weight excluding hydrogens is 497 g/mol. The van der Waals surface area contributed by atoms with Crippen molar-refractivity contribution in [2.45, 2.75) is 24.8 Å². The van der Waals surface area contributed by atoms with Crippen LogP contribution in [-0.4, -0.2) is 59.0 Å². The maximum atomic E-state index is 15.0. The van der Waals surface area contributed by atoms with E-state index >= 15 is 0 Å². The first-order valence-corrected chi connectivity index (χ1v) is 11.2. The van der Waals surface area contributed by atoms with Crippen molar-refractivity contribution in [2.24, 2.45) is 16.1 Å². The van der Waals surface area contributed by atoms with Gasteiger partial charge in [-0.05, 0) is 18.2 Å². The van der Waals surface area contributed by atoms with E-state index in [9.17, 15) is 26.7 Å². The summed E-state index contributed by atoms with van der Waals surface area (Å²) in [6, 6.07) is 3.99. The Balaban J connectivity index is 1.51. The van der Waals surface area contributed by atoms with Crippen LogP contribution in [0.25, 0.3) is 0 Å². The maximum Gasteiger partial charge on any atom is 0.340 e. The average Bonchev–Trinajstić information content (AvgIpc) is 3.16. The Morgan fingerprint density at radius 1 is 1.31 bits per heavy atom. The number of aromatic nitrogens is 2. The number of halogens is 5. The van der Waals surface area contributed by atoms with E-state index in [1.165, 1.54) is 30.0 Å². The number of carbonyl (C=O) groups excluding carboxylic acids is 1. The lowest BCUT2D eigenvalue weighted by atomic mass is 9.70. The minimum atomic E-state index is -4.36. The summed E-state index contributed by atoms with van der Waals surface area (Å²) < 4.78 is 75.5. The fourth-order valence-electron chi connectivity index (χ4n) is 3.82. The number of fused-ring (bicyclic) bond motifs is 1. The zero-order valence-corrected chi connectivity index (χ0v) is 19.1. The van der Waals surface area contributed by atoms with Crippen LogP contribution in [0, 0.1) is 11.2 Å². The molecule has 0 saturated carbocycles. The Kier molecular flexibility index (Phi) is 6.62. The van der Waals surface area contributed by atoms with Crippen molar-refractivity contribution in [2.75, 3.05) is 30.9 Å². The van der Waals surface area contributed by atoms with Crippen molar-refractivity contribution in [3.05, 3.63) is 47.7 Å². The topological polar surface area (TPSA) is 112 Å². The maximum absolute atomic E-state index is 15.0. The quantitative estimate of drug-likeness (QED) is 0.542. The highest BCUT2D eigenvalue weighted by atomic mass is 32.2. The molecule has 2 aliphatic rings. The molecule has 2 aromatic rings. The molecule has 1 aromatic heterocycles. The highest BCUT2D eigenvalue weighted by Crippen LogP contribution is 2.53. The van der Waals surface area contributed by atoms with Gasteiger partial charge in [-0.25, -0.2) is 28.1 Å². The molecule has 2 atom stereocenters. The second-order valence-electron chi connectivity index (χ2n) is 8.39. The fraction of sp³-hybridized carbons (Fsp3) is 0.429. The number of amides is 1. The molecule has 35 heavy (non-hydrogen) atoms. The number of alkyl halides is 4. The van der Waals surface area contributed by atoms with Crippen LogP contribution < -0.4 is 15.8 Å². The van der Waals surface area contributed by atoms with Gasteiger partial charge in [-0.15, -0.1) is 0 Å². The highest BCUT2D eigenvalue weighted by molar-refractivity contribution is 8.13. The lowest BCUT2D eigenvalue weighted by molar-refractivity contribution is -0.148. The molecule has 3 heterocycles. The highest BCUT2D eigenvalue weighted by Gasteiger charge is 2.57. The number of thioether (sulfide) groups is 1. The Morgan fingerprint density at radius 3 is 2.77 bits per heavy atom. The summed E-state index contributed by atoms with van der Waals surface area (Å²) in [4.78, 5) is 24.5. The minimum absolute atomic E-state index is 0.122. The third-order valence-corrected chi connectivity index (χ3v) is 7.00. The lowest BCUT2D eigenvalue weighted by Gasteiger charge is -2.42. The van der Waals surface area contributed by atoms with Crippen molar-refractivity contribution in [1.29, 1.82) is 0 Å². The number of hydrogen-bond acceptors (Lipinski definition) is 8. The second-order valence-corrected chi connectivity index (χ2v) is 9.39. The first kappa shape index (κ1) is 25.1. The van der Waals surface area contributed by atoms with Gasteiger partial charge in [0.1, 0.15) is 17.1 Å². The van der Waals surface area contributed by atoms with E-state index in [0.29, 0.717) is 17.5 Å². The molecule has 1 amide bonds. The number of nitrogens with zero attached hydrogens (tertiary/aromatic N) is 3. The number of ether oxygens (including phenoxy) is 2. The van der Waals surface area contributed by atoms with Gasteiger partial charge >= 0.3 is 12.3 Å². The van der Waals surface area contributed by atoms with Crippen LogP contribution in [0.5, 0.6) is 5.88 Å². The standard InChI is InChI=1S/C21H20F5N5O3S/c1-19-7-33-8-20(19,31-18(27)35-10-19)12-4-11(2-3-13(12)22)30-16(32)14-5-29-15(6-28-14)34-9-21(25,26)17(23)24/h2-6,17H,7-10H2,1H3,(H2,27,31)(H,30,32). The summed E-state index contributed by atoms with van der Waals surface area (Å²) in [5, 5.41) is 2.87. The predicted molar refractivity (Wildman–Crippen MR) is 118 cm³/mol. The van der Waals surface area contributed by atoms with Gasteiger partial charge in [-0.2, -0.15) is 8.78 Å². The number of benzene rings is 1. The van der Waals surface area contributed by atoms with E-state index in [-0.39, 0.29) is 23.6 Å². The molecule has 4 rings (SSSR count). The first-order chi connectivity index (χ1) is 16.5. The monoisotopic (exact) mass is 517 g/mol. The predicted octanol–water partition coefficient (Wildman–Crippen LogP) is 3.44. The van der Waals surface area contributed by atoms with Crippen molar-refractivity contribution in [1.82, 2.24) is 9.97 Å². The van der Waals surface area contributed by atoms with Gasteiger partial charge in [0.2, 0.25) is 5.88 Å². The number of hydrogen-bond donors (Lipinski definition) is 2. The molecule has 0 radical (unpaired) electrons. The summed E-state index contributed by atoms with van der Waals surface area (Å²) >= 11 is 1.36. The van der Waals surface area contributed by atoms with Crippen LogP contribution in [0.4, 0.5) is 27.6 Å². The summed E-state index contributed by atoms with van der Waals surface area (Å²) in [5.74, 6) is -5.51. The van der Waals surface area contributed by atoms with Gasteiger partial charge < -0.3 is 20.5 Å². The van der Waals surface area contributed by atoms with E-state index in [2.05, 4.69) is 25.0 Å². The van der Waals surface area contributed by atoms with Gasteiger partial charge in [0, 0.05) is 22.4 Å². The molecule has 1 aromatic carbocycles. The number of rotatable bonds is 7. The summed E-state index contributed by atoms with van der Waals surface area (Å²) in [7, 11) is 0. The van der Waals surface area contributed by atoms with E-state index in [4.69, 9.17) is 10.5 Å². The molecule has 1 fully saturated rings. The molecule has 1 saturated heterocycles. The molecule has 14 heteroatoms. The third kappa shape index (κ3) is 4.76. The molecular formula is C21H20F5N5O3S. The van der Waals surface area contributed by atoms with Crippen LogP contribution in [0.1, 0.15) is 23.0 Å². The molecule has 0 aliphatic carbocycles. The zero-order valence-electron chi connectivity index (χ0n) is 18.2. The first-order valence-electron chi connectivity index (χ1n) is 10.2. The molecule has 0 spiro atoms. The van der Waals surface area contributed by atoms with Crippen LogP contribution in [0.3, 0.4) is 0 Å². The van der Waals surface area contributed by atoms with Crippen LogP contribution in [0.15, 0.2) is 35.6 Å². The Hall–Kier alpha value is -3.00. The number of nitrogens with one attached hydrogen (secondary N) is 1. The van der Waals surface area contributed by atoms with Gasteiger partial charge in [-0.1, -0.05) is 18.7 Å². The third-order valence-electron chi connectivity index (χ3n) is 5.83. The van der Waals surface area contributed by atoms with E-state index in [0.717, 1.165) is 12.4 Å². The van der Waals surface area contributed by atoms with Crippen molar-refractivity contribution < 1.29 is 36.2 Å². The SMILES string of the molecule is CC12COCC1(c1cc(NC(=O)c3cnc(OCC(F)(F)C(F)F)cn3)ccc1F)N=C(N)SC2. The summed E-state index contributed by atoms with van der Waals surface area (Å²) in [6.07, 6.45) is -2.12. The van der Waals surface area contributed by atoms with Crippen LogP contribution in [-0.2, 0) is 10.3 Å². The number of amidine groups is 1. The van der Waals surface area contributed by atoms with Gasteiger partial charge in [0.15, 0.2) is 11.8 Å². The Labute approximate surface area is 200 Å². The summed E-state index contributed by atoms with van der Waals surface area (Å²) in [5.41, 5.74) is 4.60. The van der Waals surface area contributed by atoms with Gasteiger partial charge in [0.05, 0.1) is 25.6 Å². The smallest absolute Gasteiger partial charge is 0.340 e. The van der Waals surface area contributed by atoms with E-state index < -0.39 is 47.5 Å². The number of nitrogens with two attached hydrogens (primary N) is 1. The normalized spacial score (nSPS) is 24.1. The minimum Gasteiger partial charge on any atom is -0.470 e. The number of aliphatic imine (C=N–C) groups is 1. The second kappa shape index (κ2) is 9.22. The van der Waals surface area contributed by atoms with Crippen molar-refractivity contribution in [3.8, 4) is 5.88 Å². The van der Waals surface area contributed by atoms with E-state index in [1.807, 2.05) is 6.92 Å². The zero-order chi connectivity index (χ0) is 25.4. The van der Waals surface area contributed by atoms with E-state index in [1.54, 1.807) is 0 Å². The average molecular weight is 517 g/mol. The van der Waals surface area contributed by atoms with Crippen molar-refractivity contribution >= 4 is 28.5 Å². The molecule has 3 N–H and O–H groups in total. The Morgan fingerprint density at radius 2 is 2.09 bits per heavy atom. The van der Waals surface area contributed by atoms with Crippen molar-refractivity contribution in [3.63, 3.8) is 0 Å². The van der Waals surface area contributed by atoms with Gasteiger partial charge in [0.25, 0.3) is 5.91 Å². The molecule has 2 unspecified atom stereocenters. The van der Waals surface area contributed by atoms with Gasteiger partial charge in [-0.3, -0.25) is 4.79 Å². The molecule has 8 nitrogen and oxygen atoms in total. The molecule has 188 valence electrons.